The van der Waals surface area contributed by atoms with Crippen LogP contribution in [0.4, 0.5) is 11.4 Å². The number of nitrogens with zero attached hydrogens (tertiary/aromatic N) is 1. The van der Waals surface area contributed by atoms with Crippen molar-refractivity contribution < 1.29 is 22.0 Å². The maximum Gasteiger partial charge on any atom is 0.261 e. The quantitative estimate of drug-likeness (QED) is 0.184. The van der Waals surface area contributed by atoms with Gasteiger partial charge in [0, 0.05) is 11.1 Å². The molecule has 4 aromatic rings. The van der Waals surface area contributed by atoms with Crippen LogP contribution in [0.2, 0.25) is 0 Å². The van der Waals surface area contributed by atoms with E-state index < -0.39 is 20.0 Å². The Labute approximate surface area is 203 Å². The van der Waals surface area contributed by atoms with Crippen molar-refractivity contribution in [2.24, 2.45) is 5.16 Å². The van der Waals surface area contributed by atoms with Crippen LogP contribution in [0.1, 0.15) is 11.1 Å². The van der Waals surface area contributed by atoms with Gasteiger partial charge in [0.1, 0.15) is 5.71 Å². The molecule has 0 aliphatic heterocycles. The van der Waals surface area contributed by atoms with Gasteiger partial charge in [-0.15, -0.1) is 0 Å². The van der Waals surface area contributed by atoms with Gasteiger partial charge in [-0.25, -0.2) is 16.8 Å². The molecule has 0 aliphatic carbocycles. The van der Waals surface area contributed by atoms with Gasteiger partial charge in [0.15, 0.2) is 0 Å². The molecule has 10 heteroatoms. The fraction of sp³-hybridized carbons (Fsp3) is 0. The van der Waals surface area contributed by atoms with Crippen molar-refractivity contribution in [1.82, 2.24) is 0 Å². The van der Waals surface area contributed by atoms with E-state index in [1.54, 1.807) is 72.8 Å². The summed E-state index contributed by atoms with van der Waals surface area (Å²) in [6, 6.07) is 28.4. The Morgan fingerprint density at radius 1 is 0.543 bits per heavy atom. The second kappa shape index (κ2) is 10.00. The summed E-state index contributed by atoms with van der Waals surface area (Å²) in [5.74, 6) is 0. The largest absolute Gasteiger partial charge is 0.410 e. The molecular weight excluding hydrogens is 486 g/mol. The SMILES string of the molecule is O=S(=O)(Nc1ccccc1C(=NO)c1ccccc1NS(=O)(=O)c1ccccc1)c1ccccc1. The monoisotopic (exact) mass is 507 g/mol. The third kappa shape index (κ3) is 5.34. The lowest BCUT2D eigenvalue weighted by atomic mass is 9.99. The molecule has 4 aromatic carbocycles. The van der Waals surface area contributed by atoms with Gasteiger partial charge in [0.05, 0.1) is 21.2 Å². The van der Waals surface area contributed by atoms with Crippen molar-refractivity contribution in [1.29, 1.82) is 0 Å². The molecule has 35 heavy (non-hydrogen) atoms. The molecule has 4 rings (SSSR count). The lowest BCUT2D eigenvalue weighted by Crippen LogP contribution is -2.18. The van der Waals surface area contributed by atoms with Crippen LogP contribution >= 0.6 is 0 Å². The summed E-state index contributed by atoms with van der Waals surface area (Å²) in [4.78, 5) is 0.127. The molecule has 0 saturated heterocycles. The van der Waals surface area contributed by atoms with Gasteiger partial charge >= 0.3 is 0 Å². The first kappa shape index (κ1) is 24.0. The molecule has 0 unspecified atom stereocenters. The fourth-order valence-electron chi connectivity index (χ4n) is 3.42. The van der Waals surface area contributed by atoms with Gasteiger partial charge in [-0.2, -0.15) is 0 Å². The lowest BCUT2D eigenvalue weighted by Gasteiger charge is -2.17. The molecule has 0 aliphatic rings. The van der Waals surface area contributed by atoms with Gasteiger partial charge in [0.2, 0.25) is 0 Å². The van der Waals surface area contributed by atoms with E-state index in [1.165, 1.54) is 36.4 Å². The molecule has 0 fully saturated rings. The van der Waals surface area contributed by atoms with E-state index in [2.05, 4.69) is 14.6 Å². The second-order valence-electron chi connectivity index (χ2n) is 7.38. The molecule has 178 valence electrons. The van der Waals surface area contributed by atoms with Gasteiger partial charge in [0.25, 0.3) is 20.0 Å². The summed E-state index contributed by atoms with van der Waals surface area (Å²) in [6.45, 7) is 0. The number of oxime groups is 1. The molecule has 0 heterocycles. The third-order valence-electron chi connectivity index (χ3n) is 5.06. The first-order chi connectivity index (χ1) is 16.8. The molecule has 0 radical (unpaired) electrons. The third-order valence-corrected chi connectivity index (χ3v) is 7.82. The molecule has 0 saturated carbocycles. The number of anilines is 2. The Morgan fingerprint density at radius 2 is 0.886 bits per heavy atom. The van der Waals surface area contributed by atoms with E-state index >= 15 is 0 Å². The highest BCUT2D eigenvalue weighted by atomic mass is 32.2. The minimum atomic E-state index is -3.93. The number of hydrogen-bond acceptors (Lipinski definition) is 6. The van der Waals surface area contributed by atoms with Crippen LogP contribution in [-0.4, -0.2) is 27.8 Å². The van der Waals surface area contributed by atoms with Crippen LogP contribution in [0.25, 0.3) is 0 Å². The predicted molar refractivity (Wildman–Crippen MR) is 135 cm³/mol. The molecule has 0 bridgehead atoms. The van der Waals surface area contributed by atoms with E-state index in [0.717, 1.165) is 0 Å². The molecule has 0 spiro atoms. The van der Waals surface area contributed by atoms with E-state index in [9.17, 15) is 22.0 Å². The predicted octanol–water partition coefficient (Wildman–Crippen LogP) is 4.51. The number of hydrogen-bond donors (Lipinski definition) is 3. The summed E-state index contributed by atoms with van der Waals surface area (Å²) in [5.41, 5.74) is 0.791. The first-order valence-electron chi connectivity index (χ1n) is 10.4. The Balaban J connectivity index is 1.74. The van der Waals surface area contributed by atoms with Crippen molar-refractivity contribution in [3.63, 3.8) is 0 Å². The van der Waals surface area contributed by atoms with Crippen LogP contribution in [0.3, 0.4) is 0 Å². The molecule has 0 atom stereocenters. The molecular formula is C25H21N3O5S2. The van der Waals surface area contributed by atoms with Gasteiger partial charge in [-0.3, -0.25) is 9.44 Å². The summed E-state index contributed by atoms with van der Waals surface area (Å²) >= 11 is 0. The Kier molecular flexibility index (Phi) is 6.85. The second-order valence-corrected chi connectivity index (χ2v) is 10.7. The van der Waals surface area contributed by atoms with Crippen LogP contribution < -0.4 is 9.44 Å². The van der Waals surface area contributed by atoms with Gasteiger partial charge < -0.3 is 5.21 Å². The van der Waals surface area contributed by atoms with Crippen molar-refractivity contribution in [3.8, 4) is 0 Å². The van der Waals surface area contributed by atoms with Crippen molar-refractivity contribution >= 4 is 37.1 Å². The van der Waals surface area contributed by atoms with Crippen LogP contribution in [0.5, 0.6) is 0 Å². The normalized spacial score (nSPS) is 11.4. The van der Waals surface area contributed by atoms with E-state index in [0.29, 0.717) is 0 Å². The van der Waals surface area contributed by atoms with Gasteiger partial charge in [-0.1, -0.05) is 78.0 Å². The minimum Gasteiger partial charge on any atom is -0.410 e. The van der Waals surface area contributed by atoms with Crippen LogP contribution in [0, 0.1) is 0 Å². The summed E-state index contributed by atoms with van der Waals surface area (Å²) in [7, 11) is -7.87. The summed E-state index contributed by atoms with van der Waals surface area (Å²) < 4.78 is 56.7. The number of para-hydroxylation sites is 2. The Morgan fingerprint density at radius 3 is 1.26 bits per heavy atom. The zero-order valence-electron chi connectivity index (χ0n) is 18.2. The lowest BCUT2D eigenvalue weighted by molar-refractivity contribution is 0.319. The maximum absolute atomic E-state index is 12.9. The highest BCUT2D eigenvalue weighted by molar-refractivity contribution is 7.93. The standard InChI is InChI=1S/C25H21N3O5S2/c29-26-25(21-15-7-9-17-23(21)27-34(30,31)19-11-3-1-4-12-19)22-16-8-10-18-24(22)28-35(32,33)20-13-5-2-6-14-20/h1-18,27-29H. The number of sulfonamides is 2. The van der Waals surface area contributed by atoms with Crippen molar-refractivity contribution in [2.45, 2.75) is 9.79 Å². The van der Waals surface area contributed by atoms with Crippen molar-refractivity contribution in [2.75, 3.05) is 9.44 Å². The fourth-order valence-corrected chi connectivity index (χ4v) is 5.62. The average Bonchev–Trinajstić information content (AvgIpc) is 2.87. The maximum atomic E-state index is 12.9. The Hall–Kier alpha value is -4.15. The van der Waals surface area contributed by atoms with Gasteiger partial charge in [-0.05, 0) is 36.4 Å². The Bertz CT molecular complexity index is 1450. The van der Waals surface area contributed by atoms with Crippen LogP contribution in [-0.2, 0) is 20.0 Å². The van der Waals surface area contributed by atoms with Crippen LogP contribution in [0.15, 0.2) is 124 Å². The van der Waals surface area contributed by atoms with E-state index in [4.69, 9.17) is 0 Å². The number of nitrogens with one attached hydrogen (secondary N) is 2. The topological polar surface area (TPSA) is 125 Å². The highest BCUT2D eigenvalue weighted by Crippen LogP contribution is 2.28. The number of benzene rings is 4. The molecule has 8 nitrogen and oxygen atoms in total. The first-order valence-corrected chi connectivity index (χ1v) is 13.3. The highest BCUT2D eigenvalue weighted by Gasteiger charge is 2.22. The minimum absolute atomic E-state index is 0.0253. The zero-order valence-corrected chi connectivity index (χ0v) is 19.9. The average molecular weight is 508 g/mol. The summed E-state index contributed by atoms with van der Waals surface area (Å²) in [6.07, 6.45) is 0. The van der Waals surface area contributed by atoms with E-state index in [1.807, 2.05) is 0 Å². The smallest absolute Gasteiger partial charge is 0.261 e. The van der Waals surface area contributed by atoms with Crippen molar-refractivity contribution in [3.05, 3.63) is 120 Å². The molecule has 3 N–H and O–H groups in total. The summed E-state index contributed by atoms with van der Waals surface area (Å²) in [5, 5.41) is 13.3. The zero-order chi connectivity index (χ0) is 24.9. The van der Waals surface area contributed by atoms with E-state index in [-0.39, 0.29) is 38.0 Å². The molecule has 0 amide bonds. The molecule has 0 aromatic heterocycles. The number of rotatable bonds is 8.